The Hall–Kier alpha value is -1.89. The van der Waals surface area contributed by atoms with Gasteiger partial charge < -0.3 is 19.1 Å². The maximum absolute atomic E-state index is 12.0. The molecule has 23 heavy (non-hydrogen) atoms. The smallest absolute Gasteiger partial charge is 0.335 e. The standard InChI is InChI=1S/C16H25NO6/c1-4-10-22-12(3)15(19)23-11-14(18)17-8-6-13(7-9-17)16(20)21-5-2/h4,12-13H,1,5-11H2,2-3H3. The second-order valence-corrected chi connectivity index (χ2v) is 5.28. The van der Waals surface area contributed by atoms with Gasteiger partial charge in [0, 0.05) is 13.1 Å². The summed E-state index contributed by atoms with van der Waals surface area (Å²) in [5.41, 5.74) is 0. The maximum atomic E-state index is 12.0. The van der Waals surface area contributed by atoms with Gasteiger partial charge in [-0.05, 0) is 26.7 Å². The van der Waals surface area contributed by atoms with Crippen LogP contribution in [0, 0.1) is 5.92 Å². The summed E-state index contributed by atoms with van der Waals surface area (Å²) in [6, 6.07) is 0. The highest BCUT2D eigenvalue weighted by molar-refractivity contribution is 5.82. The number of carbonyl (C=O) groups is 3. The highest BCUT2D eigenvalue weighted by Gasteiger charge is 2.28. The molecule has 1 unspecified atom stereocenters. The van der Waals surface area contributed by atoms with Gasteiger partial charge in [-0.15, -0.1) is 6.58 Å². The zero-order valence-corrected chi connectivity index (χ0v) is 13.8. The predicted octanol–water partition coefficient (Wildman–Crippen LogP) is 0.922. The summed E-state index contributed by atoms with van der Waals surface area (Å²) in [7, 11) is 0. The van der Waals surface area contributed by atoms with E-state index in [-0.39, 0.29) is 31.0 Å². The normalized spacial score (nSPS) is 16.5. The molecule has 1 aliphatic rings. The lowest BCUT2D eigenvalue weighted by Crippen LogP contribution is -2.43. The molecule has 0 aromatic carbocycles. The lowest BCUT2D eigenvalue weighted by atomic mass is 9.97. The average Bonchev–Trinajstić information content (AvgIpc) is 2.57. The van der Waals surface area contributed by atoms with Crippen LogP contribution in [-0.4, -0.2) is 61.8 Å². The molecular weight excluding hydrogens is 302 g/mol. The molecule has 0 radical (unpaired) electrons. The molecule has 7 nitrogen and oxygen atoms in total. The van der Waals surface area contributed by atoms with Crippen molar-refractivity contribution in [3.05, 3.63) is 12.7 Å². The van der Waals surface area contributed by atoms with Gasteiger partial charge in [0.25, 0.3) is 5.91 Å². The molecule has 0 aromatic rings. The van der Waals surface area contributed by atoms with Crippen molar-refractivity contribution in [3.8, 4) is 0 Å². The van der Waals surface area contributed by atoms with Crippen LogP contribution in [0.25, 0.3) is 0 Å². The molecule has 0 aromatic heterocycles. The Kier molecular flexibility index (Phi) is 8.32. The van der Waals surface area contributed by atoms with Crippen LogP contribution in [0.5, 0.6) is 0 Å². The molecule has 1 fully saturated rings. The molecule has 0 spiro atoms. The quantitative estimate of drug-likeness (QED) is 0.487. The molecule has 1 saturated heterocycles. The Morgan fingerprint density at radius 2 is 1.91 bits per heavy atom. The zero-order valence-electron chi connectivity index (χ0n) is 13.8. The number of amides is 1. The summed E-state index contributed by atoms with van der Waals surface area (Å²) in [6.45, 7) is 8.02. The summed E-state index contributed by atoms with van der Waals surface area (Å²) >= 11 is 0. The second-order valence-electron chi connectivity index (χ2n) is 5.28. The fraction of sp³-hybridized carbons (Fsp3) is 0.688. The molecule has 1 amide bonds. The van der Waals surface area contributed by atoms with E-state index in [2.05, 4.69) is 6.58 Å². The Balaban J connectivity index is 2.30. The number of hydrogen-bond donors (Lipinski definition) is 0. The van der Waals surface area contributed by atoms with E-state index < -0.39 is 12.1 Å². The Morgan fingerprint density at radius 3 is 2.48 bits per heavy atom. The van der Waals surface area contributed by atoms with Crippen molar-refractivity contribution in [1.82, 2.24) is 4.90 Å². The topological polar surface area (TPSA) is 82.1 Å². The lowest BCUT2D eigenvalue weighted by molar-refractivity contribution is -0.161. The molecule has 0 N–H and O–H groups in total. The van der Waals surface area contributed by atoms with Gasteiger partial charge in [-0.1, -0.05) is 6.08 Å². The highest BCUT2D eigenvalue weighted by Crippen LogP contribution is 2.18. The number of hydrogen-bond acceptors (Lipinski definition) is 6. The van der Waals surface area contributed by atoms with Crippen molar-refractivity contribution in [3.63, 3.8) is 0 Å². The number of esters is 2. The first-order valence-corrected chi connectivity index (χ1v) is 7.83. The number of rotatable bonds is 8. The third-order valence-corrected chi connectivity index (χ3v) is 3.60. The van der Waals surface area contributed by atoms with Crippen molar-refractivity contribution >= 4 is 17.8 Å². The summed E-state index contributed by atoms with van der Waals surface area (Å²) < 4.78 is 15.1. The Bertz CT molecular complexity index is 428. The summed E-state index contributed by atoms with van der Waals surface area (Å²) in [4.78, 5) is 36.9. The van der Waals surface area contributed by atoms with Crippen LogP contribution in [0.4, 0.5) is 0 Å². The third kappa shape index (κ3) is 6.40. The van der Waals surface area contributed by atoms with Crippen molar-refractivity contribution < 1.29 is 28.6 Å². The SMILES string of the molecule is C=CCOC(C)C(=O)OCC(=O)N1CCC(C(=O)OCC)CC1. The van der Waals surface area contributed by atoms with Crippen LogP contribution in [0.1, 0.15) is 26.7 Å². The van der Waals surface area contributed by atoms with Gasteiger partial charge in [-0.3, -0.25) is 9.59 Å². The van der Waals surface area contributed by atoms with Crippen LogP contribution in [0.3, 0.4) is 0 Å². The van der Waals surface area contributed by atoms with Crippen LogP contribution < -0.4 is 0 Å². The molecule has 1 aliphatic heterocycles. The minimum absolute atomic E-state index is 0.158. The number of nitrogens with zero attached hydrogens (tertiary/aromatic N) is 1. The molecular formula is C16H25NO6. The van der Waals surface area contributed by atoms with Gasteiger partial charge >= 0.3 is 11.9 Å². The van der Waals surface area contributed by atoms with E-state index in [1.807, 2.05) is 0 Å². The van der Waals surface area contributed by atoms with Gasteiger partial charge in [0.1, 0.15) is 0 Å². The van der Waals surface area contributed by atoms with Crippen molar-refractivity contribution in [2.75, 3.05) is 32.9 Å². The van der Waals surface area contributed by atoms with Gasteiger partial charge in [-0.25, -0.2) is 4.79 Å². The number of piperidine rings is 1. The Labute approximate surface area is 136 Å². The van der Waals surface area contributed by atoms with Gasteiger partial charge in [0.15, 0.2) is 12.7 Å². The van der Waals surface area contributed by atoms with Crippen LogP contribution in [-0.2, 0) is 28.6 Å². The van der Waals surface area contributed by atoms with E-state index in [0.717, 1.165) is 0 Å². The Morgan fingerprint density at radius 1 is 1.26 bits per heavy atom. The van der Waals surface area contributed by atoms with Crippen LogP contribution in [0.15, 0.2) is 12.7 Å². The van der Waals surface area contributed by atoms with Gasteiger partial charge in [0.05, 0.1) is 19.1 Å². The molecule has 130 valence electrons. The van der Waals surface area contributed by atoms with Crippen LogP contribution >= 0.6 is 0 Å². The van der Waals surface area contributed by atoms with E-state index in [1.165, 1.54) is 6.08 Å². The molecule has 1 rings (SSSR count). The largest absolute Gasteiger partial charge is 0.466 e. The predicted molar refractivity (Wildman–Crippen MR) is 82.5 cm³/mol. The van der Waals surface area contributed by atoms with E-state index >= 15 is 0 Å². The average molecular weight is 327 g/mol. The molecule has 0 saturated carbocycles. The second kappa shape index (κ2) is 9.99. The molecule has 7 heteroatoms. The molecule has 0 bridgehead atoms. The minimum Gasteiger partial charge on any atom is -0.466 e. The fourth-order valence-corrected chi connectivity index (χ4v) is 2.25. The number of ether oxygens (including phenoxy) is 3. The van der Waals surface area contributed by atoms with Gasteiger partial charge in [0.2, 0.25) is 0 Å². The number of carbonyl (C=O) groups excluding carboxylic acids is 3. The van der Waals surface area contributed by atoms with Crippen LogP contribution in [0.2, 0.25) is 0 Å². The summed E-state index contributed by atoms with van der Waals surface area (Å²) in [6.07, 6.45) is 1.92. The third-order valence-electron chi connectivity index (χ3n) is 3.60. The first kappa shape index (κ1) is 19.2. The first-order valence-electron chi connectivity index (χ1n) is 7.83. The lowest BCUT2D eigenvalue weighted by Gasteiger charge is -2.30. The highest BCUT2D eigenvalue weighted by atomic mass is 16.6. The van der Waals surface area contributed by atoms with Crippen molar-refractivity contribution in [2.45, 2.75) is 32.8 Å². The van der Waals surface area contributed by atoms with Crippen molar-refractivity contribution in [2.24, 2.45) is 5.92 Å². The molecule has 0 aliphatic carbocycles. The molecule has 1 atom stereocenters. The maximum Gasteiger partial charge on any atom is 0.335 e. The van der Waals surface area contributed by atoms with E-state index in [1.54, 1.807) is 18.7 Å². The van der Waals surface area contributed by atoms with Crippen molar-refractivity contribution in [1.29, 1.82) is 0 Å². The molecule has 1 heterocycles. The van der Waals surface area contributed by atoms with Gasteiger partial charge in [-0.2, -0.15) is 0 Å². The fourth-order valence-electron chi connectivity index (χ4n) is 2.25. The number of likely N-dealkylation sites (tertiary alicyclic amines) is 1. The van der Waals surface area contributed by atoms with E-state index in [0.29, 0.717) is 32.5 Å². The summed E-state index contributed by atoms with van der Waals surface area (Å²) in [5, 5.41) is 0. The van der Waals surface area contributed by atoms with E-state index in [4.69, 9.17) is 14.2 Å². The monoisotopic (exact) mass is 327 g/mol. The first-order chi connectivity index (χ1) is 11.0. The minimum atomic E-state index is -0.740. The zero-order chi connectivity index (χ0) is 17.2. The summed E-state index contributed by atoms with van der Waals surface area (Å²) in [5.74, 6) is -1.22. The van der Waals surface area contributed by atoms with E-state index in [9.17, 15) is 14.4 Å².